The normalized spacial score (nSPS) is 10.6. The number of anilines is 2. The first kappa shape index (κ1) is 23.0. The van der Waals surface area contributed by atoms with Crippen molar-refractivity contribution < 1.29 is 14.3 Å². The summed E-state index contributed by atoms with van der Waals surface area (Å²) in [4.78, 5) is 32.9. The van der Waals surface area contributed by atoms with Crippen LogP contribution in [0, 0.1) is 0 Å². The Labute approximate surface area is 211 Å². The fourth-order valence-corrected chi connectivity index (χ4v) is 4.43. The van der Waals surface area contributed by atoms with Gasteiger partial charge in [-0.05, 0) is 66.7 Å². The van der Waals surface area contributed by atoms with Gasteiger partial charge in [-0.1, -0.05) is 12.1 Å². The van der Waals surface area contributed by atoms with E-state index in [1.165, 1.54) is 6.20 Å². The number of nitrogens with one attached hydrogen (secondary N) is 3. The molecule has 0 saturated heterocycles. The van der Waals surface area contributed by atoms with Gasteiger partial charge < -0.3 is 20.7 Å². The lowest BCUT2D eigenvalue weighted by Crippen LogP contribution is -2.19. The number of nitrogens with zero attached hydrogens (tertiary/aromatic N) is 2. The molecule has 0 unspecified atom stereocenters. The zero-order valence-electron chi connectivity index (χ0n) is 19.2. The minimum Gasteiger partial charge on any atom is -0.457 e. The fraction of sp³-hybridized carbons (Fsp3) is 0.0370. The van der Waals surface area contributed by atoms with Crippen molar-refractivity contribution in [1.82, 2.24) is 15.3 Å². The molecule has 0 spiro atoms. The van der Waals surface area contributed by atoms with E-state index in [1.807, 2.05) is 42.5 Å². The second-order valence-electron chi connectivity index (χ2n) is 7.73. The number of ether oxygens (including phenoxy) is 1. The second kappa shape index (κ2) is 10.2. The number of thiazole rings is 1. The summed E-state index contributed by atoms with van der Waals surface area (Å²) in [6.07, 6.45) is 1.51. The van der Waals surface area contributed by atoms with Gasteiger partial charge in [0.05, 0.1) is 10.2 Å². The van der Waals surface area contributed by atoms with E-state index in [2.05, 4.69) is 32.0 Å². The molecule has 0 aliphatic heterocycles. The van der Waals surface area contributed by atoms with Crippen LogP contribution in [0.15, 0.2) is 91.1 Å². The highest BCUT2D eigenvalue weighted by atomic mass is 32.1. The molecule has 0 radical (unpaired) electrons. The maximum atomic E-state index is 12.5. The van der Waals surface area contributed by atoms with E-state index < -0.39 is 0 Å². The van der Waals surface area contributed by atoms with Gasteiger partial charge in [-0.2, -0.15) is 0 Å². The van der Waals surface area contributed by atoms with Crippen molar-refractivity contribution in [2.75, 3.05) is 17.7 Å². The second-order valence-corrected chi connectivity index (χ2v) is 8.76. The molecule has 0 aliphatic carbocycles. The third-order valence-corrected chi connectivity index (χ3v) is 6.31. The zero-order valence-corrected chi connectivity index (χ0v) is 20.0. The van der Waals surface area contributed by atoms with Crippen LogP contribution in [0.3, 0.4) is 0 Å². The molecule has 3 N–H and O–H groups in total. The van der Waals surface area contributed by atoms with Crippen molar-refractivity contribution >= 4 is 44.9 Å². The van der Waals surface area contributed by atoms with E-state index in [9.17, 15) is 9.59 Å². The molecule has 5 aromatic rings. The number of para-hydroxylation sites is 1. The lowest BCUT2D eigenvalue weighted by Gasteiger charge is -2.10. The van der Waals surface area contributed by atoms with Crippen LogP contribution in [0.25, 0.3) is 20.8 Å². The van der Waals surface area contributed by atoms with Gasteiger partial charge in [0.1, 0.15) is 22.2 Å². The maximum Gasteiger partial charge on any atom is 0.323 e. The number of rotatable bonds is 6. The minimum absolute atomic E-state index is 0.262. The summed E-state index contributed by atoms with van der Waals surface area (Å²) in [5.74, 6) is 0.745. The Bertz CT molecular complexity index is 1500. The maximum absolute atomic E-state index is 12.5. The molecule has 0 bridgehead atoms. The number of benzene rings is 3. The van der Waals surface area contributed by atoms with Crippen LogP contribution in [-0.2, 0) is 0 Å². The molecule has 178 valence electrons. The third kappa shape index (κ3) is 5.31. The predicted molar refractivity (Wildman–Crippen MR) is 142 cm³/mol. The van der Waals surface area contributed by atoms with E-state index >= 15 is 0 Å². The van der Waals surface area contributed by atoms with E-state index in [0.29, 0.717) is 22.9 Å². The third-order valence-electron chi connectivity index (χ3n) is 5.22. The van der Waals surface area contributed by atoms with Gasteiger partial charge in [0.15, 0.2) is 0 Å². The predicted octanol–water partition coefficient (Wildman–Crippen LogP) is 6.15. The summed E-state index contributed by atoms with van der Waals surface area (Å²) in [6.45, 7) is 0. The van der Waals surface area contributed by atoms with Crippen molar-refractivity contribution in [3.05, 3.63) is 96.8 Å². The lowest BCUT2D eigenvalue weighted by atomic mass is 10.2. The van der Waals surface area contributed by atoms with Gasteiger partial charge in [0.25, 0.3) is 5.91 Å². The molecule has 8 nitrogen and oxygen atoms in total. The first-order valence-corrected chi connectivity index (χ1v) is 11.9. The Hall–Kier alpha value is -4.76. The van der Waals surface area contributed by atoms with Crippen molar-refractivity contribution in [2.24, 2.45) is 0 Å². The van der Waals surface area contributed by atoms with Gasteiger partial charge in [0, 0.05) is 36.2 Å². The molecule has 0 aliphatic rings. The standard InChI is InChI=1S/C27H21N5O3S/c1-28-25(33)23-16-21(14-15-29-23)35-20-12-10-19(11-13-20)31-27(34)30-18-8-6-17(7-9-18)26-32-22-4-2-3-5-24(22)36-26/h2-16H,1H3,(H,28,33)(H2,30,31,34). The summed E-state index contributed by atoms with van der Waals surface area (Å²) in [5, 5.41) is 9.09. The van der Waals surface area contributed by atoms with E-state index in [-0.39, 0.29) is 17.6 Å². The van der Waals surface area contributed by atoms with Crippen molar-refractivity contribution in [3.8, 4) is 22.1 Å². The van der Waals surface area contributed by atoms with E-state index in [0.717, 1.165) is 20.8 Å². The molecule has 2 aromatic heterocycles. The first-order valence-electron chi connectivity index (χ1n) is 11.1. The monoisotopic (exact) mass is 495 g/mol. The van der Waals surface area contributed by atoms with Crippen LogP contribution in [0.5, 0.6) is 11.5 Å². The Kier molecular flexibility index (Phi) is 6.55. The van der Waals surface area contributed by atoms with Crippen LogP contribution in [0.2, 0.25) is 0 Å². The quantitative estimate of drug-likeness (QED) is 0.262. The van der Waals surface area contributed by atoms with E-state index in [1.54, 1.807) is 54.8 Å². The van der Waals surface area contributed by atoms with Crippen LogP contribution in [-0.4, -0.2) is 29.0 Å². The molecule has 3 amide bonds. The Morgan fingerprint density at radius 3 is 2.22 bits per heavy atom. The summed E-state index contributed by atoms with van der Waals surface area (Å²) >= 11 is 1.63. The summed E-state index contributed by atoms with van der Waals surface area (Å²) in [5.41, 5.74) is 3.51. The zero-order chi connectivity index (χ0) is 24.9. The number of hydrogen-bond donors (Lipinski definition) is 3. The van der Waals surface area contributed by atoms with Crippen LogP contribution >= 0.6 is 11.3 Å². The molecule has 0 fully saturated rings. The van der Waals surface area contributed by atoms with Crippen LogP contribution in [0.1, 0.15) is 10.5 Å². The highest BCUT2D eigenvalue weighted by Gasteiger charge is 2.09. The molecule has 5 rings (SSSR count). The molecule has 3 aromatic carbocycles. The number of amides is 3. The summed E-state index contributed by atoms with van der Waals surface area (Å²) in [7, 11) is 1.54. The molecular weight excluding hydrogens is 474 g/mol. The fourth-order valence-electron chi connectivity index (χ4n) is 3.45. The first-order chi connectivity index (χ1) is 17.6. The summed E-state index contributed by atoms with van der Waals surface area (Å²) < 4.78 is 6.92. The SMILES string of the molecule is CNC(=O)c1cc(Oc2ccc(NC(=O)Nc3ccc(-c4nc5ccccc5s4)cc3)cc2)ccn1. The molecule has 0 atom stereocenters. The topological polar surface area (TPSA) is 105 Å². The highest BCUT2D eigenvalue weighted by Crippen LogP contribution is 2.30. The number of urea groups is 1. The smallest absolute Gasteiger partial charge is 0.323 e. The number of fused-ring (bicyclic) bond motifs is 1. The number of hydrogen-bond acceptors (Lipinski definition) is 6. The number of carbonyl (C=O) groups excluding carboxylic acids is 2. The average Bonchev–Trinajstić information content (AvgIpc) is 3.34. The van der Waals surface area contributed by atoms with Gasteiger partial charge in [0.2, 0.25) is 0 Å². The Morgan fingerprint density at radius 1 is 0.833 bits per heavy atom. The molecule has 36 heavy (non-hydrogen) atoms. The minimum atomic E-state index is -0.360. The molecular formula is C27H21N5O3S. The van der Waals surface area contributed by atoms with Gasteiger partial charge in [-0.15, -0.1) is 11.3 Å². The van der Waals surface area contributed by atoms with Crippen molar-refractivity contribution in [2.45, 2.75) is 0 Å². The van der Waals surface area contributed by atoms with Crippen LogP contribution in [0.4, 0.5) is 16.2 Å². The number of carbonyl (C=O) groups is 2. The summed E-state index contributed by atoms with van der Waals surface area (Å²) in [6, 6.07) is 25.4. The molecule has 0 saturated carbocycles. The average molecular weight is 496 g/mol. The van der Waals surface area contributed by atoms with E-state index in [4.69, 9.17) is 4.74 Å². The van der Waals surface area contributed by atoms with Gasteiger partial charge >= 0.3 is 6.03 Å². The number of aromatic nitrogens is 2. The van der Waals surface area contributed by atoms with Crippen LogP contribution < -0.4 is 20.7 Å². The number of pyridine rings is 1. The van der Waals surface area contributed by atoms with Crippen molar-refractivity contribution in [1.29, 1.82) is 0 Å². The molecule has 9 heteroatoms. The highest BCUT2D eigenvalue weighted by molar-refractivity contribution is 7.21. The Balaban J connectivity index is 1.18. The molecule has 2 heterocycles. The Morgan fingerprint density at radius 2 is 1.53 bits per heavy atom. The largest absolute Gasteiger partial charge is 0.457 e. The van der Waals surface area contributed by atoms with Gasteiger partial charge in [-0.3, -0.25) is 9.78 Å². The van der Waals surface area contributed by atoms with Gasteiger partial charge in [-0.25, -0.2) is 9.78 Å². The van der Waals surface area contributed by atoms with Crippen molar-refractivity contribution in [3.63, 3.8) is 0 Å². The lowest BCUT2D eigenvalue weighted by molar-refractivity contribution is 0.0958.